The van der Waals surface area contributed by atoms with Gasteiger partial charge < -0.3 is 9.63 Å². The molecule has 0 aliphatic carbocycles. The molecule has 1 aliphatic rings. The van der Waals surface area contributed by atoms with Crippen molar-refractivity contribution < 1.29 is 18.0 Å². The van der Waals surface area contributed by atoms with Gasteiger partial charge in [0.2, 0.25) is 10.0 Å². The summed E-state index contributed by atoms with van der Waals surface area (Å²) < 4.78 is 31.7. The van der Waals surface area contributed by atoms with E-state index in [-0.39, 0.29) is 39.0 Å². The normalized spacial score (nSPS) is 23.3. The van der Waals surface area contributed by atoms with Crippen molar-refractivity contribution in [1.29, 1.82) is 0 Å². The van der Waals surface area contributed by atoms with E-state index in [1.165, 1.54) is 6.07 Å². The SMILES string of the molecule is Cc1noc([C@]2(O)CCN(S(=O)(=O)c3cc(Cl)sc3Cl)C2)n1. The molecule has 120 valence electrons. The number of hydrogen-bond donors (Lipinski definition) is 1. The molecule has 2 aromatic heterocycles. The summed E-state index contributed by atoms with van der Waals surface area (Å²) >= 11 is 12.7. The molecule has 1 saturated heterocycles. The van der Waals surface area contributed by atoms with Gasteiger partial charge in [-0.25, -0.2) is 8.42 Å². The third kappa shape index (κ3) is 2.66. The van der Waals surface area contributed by atoms with Crippen LogP contribution in [-0.4, -0.2) is 41.1 Å². The number of aliphatic hydroxyl groups is 1. The fourth-order valence-corrected chi connectivity index (χ4v) is 5.87. The Hall–Kier alpha value is -0.710. The van der Waals surface area contributed by atoms with Crippen molar-refractivity contribution in [3.05, 3.63) is 26.5 Å². The molecule has 0 bridgehead atoms. The van der Waals surface area contributed by atoms with Gasteiger partial charge in [-0.15, -0.1) is 11.3 Å². The maximum absolute atomic E-state index is 12.6. The van der Waals surface area contributed by atoms with Crippen molar-refractivity contribution in [2.24, 2.45) is 0 Å². The van der Waals surface area contributed by atoms with Crippen molar-refractivity contribution in [2.75, 3.05) is 13.1 Å². The van der Waals surface area contributed by atoms with Crippen LogP contribution in [0.1, 0.15) is 18.1 Å². The second kappa shape index (κ2) is 5.43. The Labute approximate surface area is 140 Å². The third-order valence-corrected chi connectivity index (χ3v) is 6.98. The zero-order valence-corrected chi connectivity index (χ0v) is 14.4. The minimum Gasteiger partial charge on any atom is -0.379 e. The molecule has 1 fully saturated rings. The highest BCUT2D eigenvalue weighted by Crippen LogP contribution is 2.39. The van der Waals surface area contributed by atoms with Crippen molar-refractivity contribution in [3.8, 4) is 0 Å². The zero-order chi connectivity index (χ0) is 16.1. The number of β-amino-alcohol motifs (C(OH)–C–C–N with tert-alkyl or cyclic N) is 1. The lowest BCUT2D eigenvalue weighted by atomic mass is 10.0. The van der Waals surface area contributed by atoms with E-state index in [2.05, 4.69) is 10.1 Å². The molecule has 22 heavy (non-hydrogen) atoms. The molecule has 0 amide bonds. The van der Waals surface area contributed by atoms with E-state index in [4.69, 9.17) is 27.7 Å². The van der Waals surface area contributed by atoms with Crippen LogP contribution >= 0.6 is 34.5 Å². The molecule has 2 aromatic rings. The van der Waals surface area contributed by atoms with Gasteiger partial charge in [-0.3, -0.25) is 0 Å². The molecule has 1 atom stereocenters. The molecule has 0 spiro atoms. The predicted molar refractivity (Wildman–Crippen MR) is 80.6 cm³/mol. The molecule has 0 radical (unpaired) electrons. The maximum atomic E-state index is 12.6. The van der Waals surface area contributed by atoms with E-state index < -0.39 is 15.6 Å². The van der Waals surface area contributed by atoms with E-state index in [0.717, 1.165) is 15.6 Å². The molecule has 0 saturated carbocycles. The van der Waals surface area contributed by atoms with Crippen LogP contribution in [0.2, 0.25) is 8.67 Å². The van der Waals surface area contributed by atoms with Crippen LogP contribution in [0.15, 0.2) is 15.5 Å². The fraction of sp³-hybridized carbons (Fsp3) is 0.455. The van der Waals surface area contributed by atoms with Crippen LogP contribution in [0.3, 0.4) is 0 Å². The Morgan fingerprint density at radius 1 is 1.50 bits per heavy atom. The number of halogens is 2. The first-order valence-electron chi connectivity index (χ1n) is 6.20. The molecule has 7 nitrogen and oxygen atoms in total. The highest BCUT2D eigenvalue weighted by atomic mass is 35.5. The molecule has 3 heterocycles. The standard InChI is InChI=1S/C11H11Cl2N3O4S2/c1-6-14-10(20-15-6)11(17)2-3-16(5-11)22(18,19)7-4-8(12)21-9(7)13/h4,17H,2-3,5H2,1H3/t11-/m0/s1. The van der Waals surface area contributed by atoms with Gasteiger partial charge in [-0.2, -0.15) is 9.29 Å². The molecule has 11 heteroatoms. The summed E-state index contributed by atoms with van der Waals surface area (Å²) in [6, 6.07) is 1.30. The summed E-state index contributed by atoms with van der Waals surface area (Å²) in [5.74, 6) is 0.384. The first-order valence-corrected chi connectivity index (χ1v) is 9.22. The average Bonchev–Trinajstić information content (AvgIpc) is 3.10. The average molecular weight is 384 g/mol. The first kappa shape index (κ1) is 16.2. The molecule has 1 aliphatic heterocycles. The van der Waals surface area contributed by atoms with Crippen molar-refractivity contribution in [3.63, 3.8) is 0 Å². The zero-order valence-electron chi connectivity index (χ0n) is 11.3. The first-order chi connectivity index (χ1) is 10.2. The summed E-state index contributed by atoms with van der Waals surface area (Å²) in [6.07, 6.45) is 0.156. The highest BCUT2D eigenvalue weighted by Gasteiger charge is 2.47. The quantitative estimate of drug-likeness (QED) is 0.870. The van der Waals surface area contributed by atoms with Gasteiger partial charge >= 0.3 is 0 Å². The lowest BCUT2D eigenvalue weighted by Gasteiger charge is -2.19. The Balaban J connectivity index is 1.90. The van der Waals surface area contributed by atoms with Crippen LogP contribution in [0, 0.1) is 6.92 Å². The second-order valence-corrected chi connectivity index (χ2v) is 9.15. The summed E-state index contributed by atoms with van der Waals surface area (Å²) in [5.41, 5.74) is -1.50. The number of sulfonamides is 1. The van der Waals surface area contributed by atoms with Crippen LogP contribution in [0.25, 0.3) is 0 Å². The number of aromatic nitrogens is 2. The van der Waals surface area contributed by atoms with Gasteiger partial charge in [0.1, 0.15) is 9.23 Å². The lowest BCUT2D eigenvalue weighted by molar-refractivity contribution is 0.0194. The molecule has 1 N–H and O–H groups in total. The molecule has 0 unspecified atom stereocenters. The Morgan fingerprint density at radius 2 is 2.23 bits per heavy atom. The maximum Gasteiger partial charge on any atom is 0.260 e. The number of aryl methyl sites for hydroxylation is 1. The Bertz CT molecular complexity index is 819. The summed E-state index contributed by atoms with van der Waals surface area (Å²) in [7, 11) is -3.84. The fourth-order valence-electron chi connectivity index (χ4n) is 2.27. The minimum absolute atomic E-state index is 0.0112. The summed E-state index contributed by atoms with van der Waals surface area (Å²) in [5, 5.41) is 14.2. The van der Waals surface area contributed by atoms with E-state index >= 15 is 0 Å². The number of nitrogens with zero attached hydrogens (tertiary/aromatic N) is 3. The number of rotatable bonds is 3. The lowest BCUT2D eigenvalue weighted by Crippen LogP contribution is -2.34. The highest BCUT2D eigenvalue weighted by molar-refractivity contribution is 7.89. The molecule has 3 rings (SSSR count). The van der Waals surface area contributed by atoms with Crippen molar-refractivity contribution in [1.82, 2.24) is 14.4 Å². The van der Waals surface area contributed by atoms with Crippen LogP contribution in [-0.2, 0) is 15.6 Å². The van der Waals surface area contributed by atoms with Gasteiger partial charge in [0.05, 0.1) is 10.9 Å². The summed E-state index contributed by atoms with van der Waals surface area (Å²) in [6.45, 7) is 1.55. The topological polar surface area (TPSA) is 96.5 Å². The number of thiophene rings is 1. The molecule has 0 aromatic carbocycles. The van der Waals surface area contributed by atoms with Gasteiger partial charge in [0.25, 0.3) is 5.89 Å². The Morgan fingerprint density at radius 3 is 2.77 bits per heavy atom. The van der Waals surface area contributed by atoms with E-state index in [9.17, 15) is 13.5 Å². The van der Waals surface area contributed by atoms with E-state index in [1.807, 2.05) is 0 Å². The molecular formula is C11H11Cl2N3O4S2. The van der Waals surface area contributed by atoms with E-state index in [0.29, 0.717) is 5.82 Å². The van der Waals surface area contributed by atoms with Gasteiger partial charge in [-0.1, -0.05) is 28.4 Å². The summed E-state index contributed by atoms with van der Waals surface area (Å²) in [4.78, 5) is 3.92. The largest absolute Gasteiger partial charge is 0.379 e. The van der Waals surface area contributed by atoms with Gasteiger partial charge in [0, 0.05) is 13.0 Å². The smallest absolute Gasteiger partial charge is 0.260 e. The van der Waals surface area contributed by atoms with Crippen LogP contribution in [0.5, 0.6) is 0 Å². The Kier molecular flexibility index (Phi) is 3.99. The minimum atomic E-state index is -3.84. The van der Waals surface area contributed by atoms with Crippen LogP contribution in [0.4, 0.5) is 0 Å². The third-order valence-electron chi connectivity index (χ3n) is 3.38. The van der Waals surface area contributed by atoms with Crippen LogP contribution < -0.4 is 0 Å². The predicted octanol–water partition coefficient (Wildman–Crippen LogP) is 2.03. The second-order valence-electron chi connectivity index (χ2n) is 4.96. The van der Waals surface area contributed by atoms with E-state index in [1.54, 1.807) is 6.92 Å². The van der Waals surface area contributed by atoms with Crippen molar-refractivity contribution >= 4 is 44.6 Å². The molecular weight excluding hydrogens is 373 g/mol. The van der Waals surface area contributed by atoms with Gasteiger partial charge in [-0.05, 0) is 13.0 Å². The number of hydrogen-bond acceptors (Lipinski definition) is 7. The van der Waals surface area contributed by atoms with Gasteiger partial charge in [0.15, 0.2) is 11.4 Å². The van der Waals surface area contributed by atoms with Crippen molar-refractivity contribution in [2.45, 2.75) is 23.8 Å². The monoisotopic (exact) mass is 383 g/mol.